The monoisotopic (exact) mass is 233 g/mol. The molecular formula is C14H19NO2. The summed E-state index contributed by atoms with van der Waals surface area (Å²) in [6, 6.07) is 5.76. The van der Waals surface area contributed by atoms with Gasteiger partial charge in [-0.3, -0.25) is 0 Å². The SMILES string of the molecule is Cc1cc(C2CCN(C)CC2)ccc1C(=O)O. The zero-order valence-corrected chi connectivity index (χ0v) is 10.4. The number of hydrogen-bond acceptors (Lipinski definition) is 2. The molecule has 0 saturated carbocycles. The minimum atomic E-state index is -0.836. The molecule has 1 aromatic rings. The molecule has 3 heteroatoms. The van der Waals surface area contributed by atoms with Crippen molar-refractivity contribution in [3.05, 3.63) is 34.9 Å². The summed E-state index contributed by atoms with van der Waals surface area (Å²) >= 11 is 0. The number of aromatic carboxylic acids is 1. The third kappa shape index (κ3) is 2.67. The van der Waals surface area contributed by atoms with Crippen LogP contribution in [0.1, 0.15) is 40.2 Å². The van der Waals surface area contributed by atoms with Gasteiger partial charge in [-0.1, -0.05) is 12.1 Å². The Bertz CT molecular complexity index is 420. The molecule has 17 heavy (non-hydrogen) atoms. The maximum Gasteiger partial charge on any atom is 0.335 e. The van der Waals surface area contributed by atoms with Gasteiger partial charge in [0.2, 0.25) is 0 Å². The number of nitrogens with zero attached hydrogens (tertiary/aromatic N) is 1. The normalized spacial score (nSPS) is 18.2. The third-order valence-electron chi connectivity index (χ3n) is 3.67. The van der Waals surface area contributed by atoms with Crippen molar-refractivity contribution in [2.75, 3.05) is 20.1 Å². The summed E-state index contributed by atoms with van der Waals surface area (Å²) in [6.07, 6.45) is 2.34. The molecule has 1 heterocycles. The summed E-state index contributed by atoms with van der Waals surface area (Å²) < 4.78 is 0. The molecule has 1 N–H and O–H groups in total. The van der Waals surface area contributed by atoms with Gasteiger partial charge < -0.3 is 10.0 Å². The maximum absolute atomic E-state index is 10.9. The van der Waals surface area contributed by atoms with Crippen LogP contribution in [0.4, 0.5) is 0 Å². The molecule has 1 aromatic carbocycles. The molecule has 1 aliphatic rings. The first-order chi connectivity index (χ1) is 8.08. The number of piperidine rings is 1. The van der Waals surface area contributed by atoms with E-state index in [4.69, 9.17) is 5.11 Å². The van der Waals surface area contributed by atoms with Gasteiger partial charge in [-0.15, -0.1) is 0 Å². The summed E-state index contributed by atoms with van der Waals surface area (Å²) in [4.78, 5) is 13.3. The van der Waals surface area contributed by atoms with Crippen molar-refractivity contribution in [2.45, 2.75) is 25.7 Å². The number of likely N-dealkylation sites (tertiary alicyclic amines) is 1. The number of rotatable bonds is 2. The second-order valence-corrected chi connectivity index (χ2v) is 4.96. The van der Waals surface area contributed by atoms with Gasteiger partial charge in [0.15, 0.2) is 0 Å². The second-order valence-electron chi connectivity index (χ2n) is 4.96. The van der Waals surface area contributed by atoms with Crippen LogP contribution in [-0.4, -0.2) is 36.1 Å². The molecule has 0 radical (unpaired) electrons. The fraction of sp³-hybridized carbons (Fsp3) is 0.500. The highest BCUT2D eigenvalue weighted by Gasteiger charge is 2.19. The number of carboxylic acid groups (broad SMARTS) is 1. The lowest BCUT2D eigenvalue weighted by molar-refractivity contribution is 0.0696. The van der Waals surface area contributed by atoms with Crippen molar-refractivity contribution < 1.29 is 9.90 Å². The fourth-order valence-corrected chi connectivity index (χ4v) is 2.52. The summed E-state index contributed by atoms with van der Waals surface area (Å²) in [5.41, 5.74) is 2.58. The van der Waals surface area contributed by atoms with Crippen LogP contribution in [0.15, 0.2) is 18.2 Å². The Morgan fingerprint density at radius 3 is 2.53 bits per heavy atom. The zero-order valence-electron chi connectivity index (χ0n) is 10.4. The average Bonchev–Trinajstić information content (AvgIpc) is 2.29. The van der Waals surface area contributed by atoms with E-state index in [-0.39, 0.29) is 0 Å². The molecular weight excluding hydrogens is 214 g/mol. The van der Waals surface area contributed by atoms with Gasteiger partial charge >= 0.3 is 5.97 Å². The van der Waals surface area contributed by atoms with Crippen LogP contribution < -0.4 is 0 Å². The van der Waals surface area contributed by atoms with E-state index < -0.39 is 5.97 Å². The third-order valence-corrected chi connectivity index (χ3v) is 3.67. The second kappa shape index (κ2) is 4.88. The molecule has 0 aromatic heterocycles. The standard InChI is InChI=1S/C14H19NO2/c1-10-9-12(3-4-13(10)14(16)17)11-5-7-15(2)8-6-11/h3-4,9,11H,5-8H2,1-2H3,(H,16,17). The topological polar surface area (TPSA) is 40.5 Å². The van der Waals surface area contributed by atoms with Crippen LogP contribution in [0.3, 0.4) is 0 Å². The first-order valence-electron chi connectivity index (χ1n) is 6.10. The number of benzene rings is 1. The van der Waals surface area contributed by atoms with E-state index in [2.05, 4.69) is 11.9 Å². The van der Waals surface area contributed by atoms with E-state index in [1.54, 1.807) is 6.07 Å². The molecule has 1 fully saturated rings. The molecule has 0 bridgehead atoms. The molecule has 0 amide bonds. The van der Waals surface area contributed by atoms with Crippen molar-refractivity contribution in [3.63, 3.8) is 0 Å². The smallest absolute Gasteiger partial charge is 0.335 e. The molecule has 1 aliphatic heterocycles. The first-order valence-corrected chi connectivity index (χ1v) is 6.10. The zero-order chi connectivity index (χ0) is 12.4. The minimum absolute atomic E-state index is 0.418. The Balaban J connectivity index is 2.17. The van der Waals surface area contributed by atoms with Crippen LogP contribution in [0.5, 0.6) is 0 Å². The Morgan fingerprint density at radius 1 is 1.35 bits per heavy atom. The van der Waals surface area contributed by atoms with Gasteiger partial charge in [0, 0.05) is 0 Å². The Kier molecular flexibility index (Phi) is 3.48. The van der Waals surface area contributed by atoms with Crippen molar-refractivity contribution in [2.24, 2.45) is 0 Å². The predicted molar refractivity (Wildman–Crippen MR) is 67.6 cm³/mol. The van der Waals surface area contributed by atoms with Gasteiger partial charge in [-0.2, -0.15) is 0 Å². The van der Waals surface area contributed by atoms with E-state index in [1.165, 1.54) is 18.4 Å². The van der Waals surface area contributed by atoms with E-state index in [0.717, 1.165) is 18.7 Å². The van der Waals surface area contributed by atoms with Crippen LogP contribution in [0, 0.1) is 6.92 Å². The number of hydrogen-bond donors (Lipinski definition) is 1. The maximum atomic E-state index is 10.9. The molecule has 0 unspecified atom stereocenters. The van der Waals surface area contributed by atoms with Crippen LogP contribution >= 0.6 is 0 Å². The van der Waals surface area contributed by atoms with Crippen molar-refractivity contribution in [1.29, 1.82) is 0 Å². The highest BCUT2D eigenvalue weighted by atomic mass is 16.4. The lowest BCUT2D eigenvalue weighted by atomic mass is 9.88. The van der Waals surface area contributed by atoms with Gasteiger partial charge in [-0.25, -0.2) is 4.79 Å². The van der Waals surface area contributed by atoms with Gasteiger partial charge in [0.05, 0.1) is 5.56 Å². The molecule has 2 rings (SSSR count). The number of carboxylic acids is 1. The lowest BCUT2D eigenvalue weighted by Gasteiger charge is -2.29. The van der Waals surface area contributed by atoms with Crippen molar-refractivity contribution in [1.82, 2.24) is 4.90 Å². The van der Waals surface area contributed by atoms with Crippen LogP contribution in [0.25, 0.3) is 0 Å². The van der Waals surface area contributed by atoms with E-state index in [1.807, 2.05) is 19.1 Å². The molecule has 1 saturated heterocycles. The molecule has 3 nitrogen and oxygen atoms in total. The van der Waals surface area contributed by atoms with E-state index in [0.29, 0.717) is 11.5 Å². The van der Waals surface area contributed by atoms with Gasteiger partial charge in [0.25, 0.3) is 0 Å². The number of aryl methyl sites for hydroxylation is 1. The number of carbonyl (C=O) groups is 1. The molecule has 92 valence electrons. The summed E-state index contributed by atoms with van der Waals surface area (Å²) in [5.74, 6) is -0.245. The van der Waals surface area contributed by atoms with E-state index in [9.17, 15) is 4.79 Å². The summed E-state index contributed by atoms with van der Waals surface area (Å²) in [5, 5.41) is 8.99. The Labute approximate surface area is 102 Å². The Hall–Kier alpha value is -1.35. The lowest BCUT2D eigenvalue weighted by Crippen LogP contribution is -2.29. The van der Waals surface area contributed by atoms with Crippen molar-refractivity contribution in [3.8, 4) is 0 Å². The molecule has 0 atom stereocenters. The molecule has 0 aliphatic carbocycles. The minimum Gasteiger partial charge on any atom is -0.478 e. The first kappa shape index (κ1) is 12.1. The largest absolute Gasteiger partial charge is 0.478 e. The molecule has 0 spiro atoms. The van der Waals surface area contributed by atoms with E-state index >= 15 is 0 Å². The van der Waals surface area contributed by atoms with Crippen LogP contribution in [0.2, 0.25) is 0 Å². The average molecular weight is 233 g/mol. The Morgan fingerprint density at radius 2 is 2.00 bits per heavy atom. The summed E-state index contributed by atoms with van der Waals surface area (Å²) in [7, 11) is 2.15. The fourth-order valence-electron chi connectivity index (χ4n) is 2.52. The predicted octanol–water partition coefficient (Wildman–Crippen LogP) is 2.50. The summed E-state index contributed by atoms with van der Waals surface area (Å²) in [6.45, 7) is 4.14. The van der Waals surface area contributed by atoms with Crippen molar-refractivity contribution >= 4 is 5.97 Å². The highest BCUT2D eigenvalue weighted by Crippen LogP contribution is 2.28. The van der Waals surface area contributed by atoms with Crippen LogP contribution in [-0.2, 0) is 0 Å². The quantitative estimate of drug-likeness (QED) is 0.853. The van der Waals surface area contributed by atoms with Gasteiger partial charge in [-0.05, 0) is 63.0 Å². The highest BCUT2D eigenvalue weighted by molar-refractivity contribution is 5.89. The van der Waals surface area contributed by atoms with Gasteiger partial charge in [0.1, 0.15) is 0 Å².